The second kappa shape index (κ2) is 6.75. The molecule has 1 rings (SSSR count). The Labute approximate surface area is 119 Å². The summed E-state index contributed by atoms with van der Waals surface area (Å²) in [4.78, 5) is 23.0. The Morgan fingerprint density at radius 2 is 2.17 bits per heavy atom. The number of carbonyl (C=O) groups excluding carboxylic acids is 2. The van der Waals surface area contributed by atoms with Crippen LogP contribution in [-0.4, -0.2) is 25.0 Å². The number of halogens is 2. The highest BCUT2D eigenvalue weighted by atomic mass is 79.9. The molecule has 0 fully saturated rings. The zero-order valence-electron chi connectivity index (χ0n) is 10.00. The van der Waals surface area contributed by atoms with Gasteiger partial charge in [-0.05, 0) is 25.1 Å². The fraction of sp³-hybridized carbons (Fsp3) is 0.333. The van der Waals surface area contributed by atoms with Gasteiger partial charge in [-0.15, -0.1) is 0 Å². The molecule has 0 aliphatic rings. The fourth-order valence-corrected chi connectivity index (χ4v) is 1.92. The molecule has 98 valence electrons. The van der Waals surface area contributed by atoms with E-state index in [0.29, 0.717) is 10.6 Å². The van der Waals surface area contributed by atoms with Crippen molar-refractivity contribution in [3.8, 4) is 0 Å². The molecule has 6 heteroatoms. The van der Waals surface area contributed by atoms with Gasteiger partial charge in [-0.1, -0.05) is 27.5 Å². The third-order valence-corrected chi connectivity index (χ3v) is 3.07. The summed E-state index contributed by atoms with van der Waals surface area (Å²) in [6.45, 7) is 1.72. The monoisotopic (exact) mass is 333 g/mol. The number of methoxy groups -OCH3 is 1. The van der Waals surface area contributed by atoms with E-state index in [0.717, 1.165) is 4.47 Å². The summed E-state index contributed by atoms with van der Waals surface area (Å²) in [5.74, 6) is -0.694. The zero-order valence-corrected chi connectivity index (χ0v) is 12.3. The van der Waals surface area contributed by atoms with Crippen LogP contribution in [0.25, 0.3) is 0 Å². The lowest BCUT2D eigenvalue weighted by Crippen LogP contribution is -2.34. The van der Waals surface area contributed by atoms with Gasteiger partial charge in [-0.3, -0.25) is 9.59 Å². The van der Waals surface area contributed by atoms with E-state index in [1.807, 2.05) is 0 Å². The number of benzene rings is 1. The van der Waals surface area contributed by atoms with Crippen LogP contribution in [0.2, 0.25) is 5.02 Å². The maximum atomic E-state index is 11.9. The smallest absolute Gasteiger partial charge is 0.307 e. The minimum absolute atomic E-state index is 0.119. The Hall–Kier alpha value is -1.07. The second-order valence-electron chi connectivity index (χ2n) is 3.78. The maximum absolute atomic E-state index is 11.9. The molecule has 0 aliphatic carbocycles. The van der Waals surface area contributed by atoms with E-state index in [1.165, 1.54) is 7.11 Å². The standard InChI is InChI=1S/C12H13BrClNO3/c1-7(5-11(16)18-2)15-12(17)9-6-8(13)3-4-10(9)14/h3-4,6-7H,5H2,1-2H3,(H,15,17). The molecular formula is C12H13BrClNO3. The molecule has 0 radical (unpaired) electrons. The summed E-state index contributed by atoms with van der Waals surface area (Å²) in [6.07, 6.45) is 0.119. The summed E-state index contributed by atoms with van der Waals surface area (Å²) in [5.41, 5.74) is 0.364. The number of ether oxygens (including phenoxy) is 1. The number of carbonyl (C=O) groups is 2. The first-order valence-electron chi connectivity index (χ1n) is 5.26. The first-order chi connectivity index (χ1) is 8.43. The zero-order chi connectivity index (χ0) is 13.7. The van der Waals surface area contributed by atoms with Crippen molar-refractivity contribution < 1.29 is 14.3 Å². The van der Waals surface area contributed by atoms with E-state index in [-0.39, 0.29) is 24.3 Å². The highest BCUT2D eigenvalue weighted by molar-refractivity contribution is 9.10. The quantitative estimate of drug-likeness (QED) is 0.862. The van der Waals surface area contributed by atoms with Crippen LogP contribution in [0.5, 0.6) is 0 Å². The SMILES string of the molecule is COC(=O)CC(C)NC(=O)c1cc(Br)ccc1Cl. The predicted octanol–water partition coefficient (Wildman–Crippen LogP) is 2.78. The van der Waals surface area contributed by atoms with E-state index in [2.05, 4.69) is 26.0 Å². The molecule has 1 N–H and O–H groups in total. The first-order valence-corrected chi connectivity index (χ1v) is 6.44. The van der Waals surface area contributed by atoms with Crippen molar-refractivity contribution in [3.63, 3.8) is 0 Å². The van der Waals surface area contributed by atoms with Crippen molar-refractivity contribution >= 4 is 39.4 Å². The summed E-state index contributed by atoms with van der Waals surface area (Å²) in [5, 5.41) is 3.05. The third-order valence-electron chi connectivity index (χ3n) is 2.25. The van der Waals surface area contributed by atoms with Crippen molar-refractivity contribution in [2.75, 3.05) is 7.11 Å². The van der Waals surface area contributed by atoms with E-state index in [4.69, 9.17) is 11.6 Å². The van der Waals surface area contributed by atoms with Gasteiger partial charge in [0, 0.05) is 10.5 Å². The highest BCUT2D eigenvalue weighted by Crippen LogP contribution is 2.21. The summed E-state index contributed by atoms with van der Waals surface area (Å²) in [7, 11) is 1.31. The minimum atomic E-state index is -0.372. The van der Waals surface area contributed by atoms with Gasteiger partial charge in [0.25, 0.3) is 5.91 Å². The Balaban J connectivity index is 2.70. The van der Waals surface area contributed by atoms with Gasteiger partial charge in [0.15, 0.2) is 0 Å². The molecule has 18 heavy (non-hydrogen) atoms. The van der Waals surface area contributed by atoms with Crippen molar-refractivity contribution in [3.05, 3.63) is 33.3 Å². The number of nitrogens with one attached hydrogen (secondary N) is 1. The van der Waals surface area contributed by atoms with Gasteiger partial charge < -0.3 is 10.1 Å². The molecule has 0 aliphatic heterocycles. The lowest BCUT2D eigenvalue weighted by atomic mass is 10.2. The fourth-order valence-electron chi connectivity index (χ4n) is 1.36. The molecule has 1 atom stereocenters. The molecule has 0 heterocycles. The van der Waals surface area contributed by atoms with Crippen LogP contribution >= 0.6 is 27.5 Å². The van der Waals surface area contributed by atoms with Crippen LogP contribution in [0, 0.1) is 0 Å². The van der Waals surface area contributed by atoms with Gasteiger partial charge in [0.1, 0.15) is 0 Å². The van der Waals surface area contributed by atoms with E-state index >= 15 is 0 Å². The van der Waals surface area contributed by atoms with Gasteiger partial charge in [0.05, 0.1) is 24.1 Å². The van der Waals surface area contributed by atoms with Crippen LogP contribution in [0.4, 0.5) is 0 Å². The largest absolute Gasteiger partial charge is 0.469 e. The Bertz CT molecular complexity index is 465. The molecule has 4 nitrogen and oxygen atoms in total. The topological polar surface area (TPSA) is 55.4 Å². The number of rotatable bonds is 4. The summed E-state index contributed by atoms with van der Waals surface area (Å²) >= 11 is 9.20. The summed E-state index contributed by atoms with van der Waals surface area (Å²) in [6, 6.07) is 4.69. The molecule has 0 aromatic heterocycles. The number of hydrogen-bond acceptors (Lipinski definition) is 3. The molecule has 0 saturated heterocycles. The van der Waals surface area contributed by atoms with Crippen molar-refractivity contribution in [1.29, 1.82) is 0 Å². The lowest BCUT2D eigenvalue weighted by molar-refractivity contribution is -0.141. The Morgan fingerprint density at radius 3 is 2.78 bits per heavy atom. The van der Waals surface area contributed by atoms with E-state index in [1.54, 1.807) is 25.1 Å². The molecule has 0 bridgehead atoms. The molecule has 1 amide bonds. The van der Waals surface area contributed by atoms with Gasteiger partial charge in [-0.2, -0.15) is 0 Å². The van der Waals surface area contributed by atoms with E-state index < -0.39 is 0 Å². The lowest BCUT2D eigenvalue weighted by Gasteiger charge is -2.13. The second-order valence-corrected chi connectivity index (χ2v) is 5.10. The average molecular weight is 335 g/mol. The summed E-state index contributed by atoms with van der Waals surface area (Å²) < 4.78 is 5.29. The average Bonchev–Trinajstić information content (AvgIpc) is 2.31. The highest BCUT2D eigenvalue weighted by Gasteiger charge is 2.15. The molecule has 1 aromatic rings. The maximum Gasteiger partial charge on any atom is 0.307 e. The minimum Gasteiger partial charge on any atom is -0.469 e. The molecule has 1 aromatic carbocycles. The normalized spacial score (nSPS) is 11.8. The van der Waals surface area contributed by atoms with E-state index in [9.17, 15) is 9.59 Å². The molecule has 1 unspecified atom stereocenters. The van der Waals surface area contributed by atoms with Crippen molar-refractivity contribution in [1.82, 2.24) is 5.32 Å². The first kappa shape index (κ1) is 15.0. The van der Waals surface area contributed by atoms with Crippen LogP contribution in [-0.2, 0) is 9.53 Å². The molecule has 0 spiro atoms. The molecular weight excluding hydrogens is 321 g/mol. The van der Waals surface area contributed by atoms with Crippen LogP contribution in [0.1, 0.15) is 23.7 Å². The number of esters is 1. The van der Waals surface area contributed by atoms with Crippen molar-refractivity contribution in [2.24, 2.45) is 0 Å². The Morgan fingerprint density at radius 1 is 1.50 bits per heavy atom. The van der Waals surface area contributed by atoms with Crippen molar-refractivity contribution in [2.45, 2.75) is 19.4 Å². The predicted molar refractivity (Wildman–Crippen MR) is 72.7 cm³/mol. The van der Waals surface area contributed by atoms with Crippen LogP contribution in [0.3, 0.4) is 0 Å². The third kappa shape index (κ3) is 4.31. The molecule has 0 saturated carbocycles. The Kier molecular flexibility index (Phi) is 5.62. The van der Waals surface area contributed by atoms with Crippen LogP contribution in [0.15, 0.2) is 22.7 Å². The van der Waals surface area contributed by atoms with Gasteiger partial charge in [0.2, 0.25) is 0 Å². The van der Waals surface area contributed by atoms with Gasteiger partial charge in [-0.25, -0.2) is 0 Å². The van der Waals surface area contributed by atoms with Crippen LogP contribution < -0.4 is 5.32 Å². The number of hydrogen-bond donors (Lipinski definition) is 1. The number of amides is 1. The van der Waals surface area contributed by atoms with Gasteiger partial charge >= 0.3 is 5.97 Å².